The van der Waals surface area contributed by atoms with Crippen LogP contribution in [0.2, 0.25) is 0 Å². The number of amides is 3. The van der Waals surface area contributed by atoms with E-state index >= 15 is 0 Å². The van der Waals surface area contributed by atoms with Gasteiger partial charge in [-0.1, -0.05) is 23.9 Å². The van der Waals surface area contributed by atoms with Gasteiger partial charge in [0.05, 0.1) is 11.6 Å². The van der Waals surface area contributed by atoms with Crippen molar-refractivity contribution in [2.45, 2.75) is 49.3 Å². The minimum absolute atomic E-state index is 0.0197. The zero-order valence-electron chi connectivity index (χ0n) is 15.4. The Kier molecular flexibility index (Phi) is 5.27. The SMILES string of the molecule is CC(C)NC(=O)C1CCCN(C(=O)C2(C)Sc3ccccc3NC2=O)C1. The number of likely N-dealkylation sites (tertiary alicyclic amines) is 1. The number of anilines is 1. The fourth-order valence-corrected chi connectivity index (χ4v) is 4.56. The standard InChI is InChI=1S/C19H25N3O3S/c1-12(2)20-16(23)13-7-6-10-22(11-13)18(25)19(3)17(24)21-14-8-4-5-9-15(14)26-19/h4-5,8-9,12-13H,6-7,10-11H2,1-3H3,(H,20,23)(H,21,24). The van der Waals surface area contributed by atoms with Gasteiger partial charge in [0.1, 0.15) is 0 Å². The van der Waals surface area contributed by atoms with Crippen LogP contribution in [0.3, 0.4) is 0 Å². The Morgan fingerprint density at radius 1 is 1.35 bits per heavy atom. The second-order valence-corrected chi connectivity index (χ2v) is 8.80. The van der Waals surface area contributed by atoms with E-state index in [1.807, 2.05) is 38.1 Å². The molecular weight excluding hydrogens is 350 g/mol. The minimum Gasteiger partial charge on any atom is -0.354 e. The molecule has 2 atom stereocenters. The number of nitrogens with zero attached hydrogens (tertiary/aromatic N) is 1. The molecule has 2 unspecified atom stereocenters. The lowest BCUT2D eigenvalue weighted by atomic mass is 9.95. The van der Waals surface area contributed by atoms with Crippen molar-refractivity contribution in [2.24, 2.45) is 5.92 Å². The van der Waals surface area contributed by atoms with Gasteiger partial charge in [-0.25, -0.2) is 0 Å². The highest BCUT2D eigenvalue weighted by molar-refractivity contribution is 8.02. The molecule has 2 aliphatic heterocycles. The number of benzene rings is 1. The third-order valence-electron chi connectivity index (χ3n) is 4.80. The van der Waals surface area contributed by atoms with Gasteiger partial charge in [0.25, 0.3) is 0 Å². The second kappa shape index (κ2) is 7.31. The lowest BCUT2D eigenvalue weighted by Crippen LogP contribution is -2.56. The van der Waals surface area contributed by atoms with Crippen molar-refractivity contribution in [1.82, 2.24) is 10.2 Å². The predicted octanol–water partition coefficient (Wildman–Crippen LogP) is 2.25. The van der Waals surface area contributed by atoms with E-state index in [2.05, 4.69) is 10.6 Å². The predicted molar refractivity (Wildman–Crippen MR) is 102 cm³/mol. The fraction of sp³-hybridized carbons (Fsp3) is 0.526. The summed E-state index contributed by atoms with van der Waals surface area (Å²) in [5.74, 6) is -0.770. The molecular formula is C19H25N3O3S. The van der Waals surface area contributed by atoms with Crippen molar-refractivity contribution in [3.05, 3.63) is 24.3 Å². The first-order valence-electron chi connectivity index (χ1n) is 9.00. The van der Waals surface area contributed by atoms with Gasteiger partial charge in [-0.2, -0.15) is 0 Å². The highest BCUT2D eigenvalue weighted by atomic mass is 32.2. The van der Waals surface area contributed by atoms with Crippen LogP contribution in [-0.2, 0) is 14.4 Å². The molecule has 0 bridgehead atoms. The monoisotopic (exact) mass is 375 g/mol. The molecule has 0 spiro atoms. The van der Waals surface area contributed by atoms with E-state index < -0.39 is 4.75 Å². The van der Waals surface area contributed by atoms with Crippen LogP contribution in [0.15, 0.2) is 29.2 Å². The molecule has 26 heavy (non-hydrogen) atoms. The van der Waals surface area contributed by atoms with E-state index in [9.17, 15) is 14.4 Å². The topological polar surface area (TPSA) is 78.5 Å². The highest BCUT2D eigenvalue weighted by Gasteiger charge is 2.48. The first kappa shape index (κ1) is 18.8. The summed E-state index contributed by atoms with van der Waals surface area (Å²) in [6, 6.07) is 7.55. The number of rotatable bonds is 3. The molecule has 6 nitrogen and oxygen atoms in total. The van der Waals surface area contributed by atoms with Gasteiger partial charge in [-0.3, -0.25) is 14.4 Å². The molecule has 3 amide bonds. The van der Waals surface area contributed by atoms with Gasteiger partial charge in [0, 0.05) is 24.0 Å². The van der Waals surface area contributed by atoms with Crippen LogP contribution in [0.4, 0.5) is 5.69 Å². The average Bonchev–Trinajstić information content (AvgIpc) is 2.61. The van der Waals surface area contributed by atoms with Crippen LogP contribution < -0.4 is 10.6 Å². The Labute approximate surface area is 158 Å². The molecule has 0 aliphatic carbocycles. The molecule has 0 saturated carbocycles. The van der Waals surface area contributed by atoms with Gasteiger partial charge in [-0.15, -0.1) is 0 Å². The van der Waals surface area contributed by atoms with Crippen LogP contribution in [0.1, 0.15) is 33.6 Å². The molecule has 2 aliphatic rings. The third-order valence-corrected chi connectivity index (χ3v) is 6.15. The molecule has 0 radical (unpaired) electrons. The van der Waals surface area contributed by atoms with Crippen molar-refractivity contribution in [3.8, 4) is 0 Å². The van der Waals surface area contributed by atoms with Crippen molar-refractivity contribution in [2.75, 3.05) is 18.4 Å². The maximum atomic E-state index is 13.2. The summed E-state index contributed by atoms with van der Waals surface area (Å²) in [5.41, 5.74) is 0.737. The van der Waals surface area contributed by atoms with E-state index in [0.29, 0.717) is 13.1 Å². The largest absolute Gasteiger partial charge is 0.354 e. The van der Waals surface area contributed by atoms with Gasteiger partial charge >= 0.3 is 0 Å². The molecule has 2 heterocycles. The number of hydrogen-bond acceptors (Lipinski definition) is 4. The summed E-state index contributed by atoms with van der Waals surface area (Å²) in [4.78, 5) is 40.7. The van der Waals surface area contributed by atoms with Crippen molar-refractivity contribution >= 4 is 35.2 Å². The molecule has 0 aromatic heterocycles. The van der Waals surface area contributed by atoms with E-state index in [0.717, 1.165) is 23.4 Å². The number of para-hydroxylation sites is 1. The molecule has 2 N–H and O–H groups in total. The van der Waals surface area contributed by atoms with Gasteiger partial charge in [-0.05, 0) is 45.7 Å². The van der Waals surface area contributed by atoms with Crippen molar-refractivity contribution in [1.29, 1.82) is 0 Å². The van der Waals surface area contributed by atoms with E-state index in [1.54, 1.807) is 11.8 Å². The summed E-state index contributed by atoms with van der Waals surface area (Å²) in [6.45, 7) is 6.46. The van der Waals surface area contributed by atoms with E-state index in [-0.39, 0.29) is 29.7 Å². The summed E-state index contributed by atoms with van der Waals surface area (Å²) in [5, 5.41) is 5.77. The lowest BCUT2D eigenvalue weighted by molar-refractivity contribution is -0.140. The number of carbonyl (C=O) groups excluding carboxylic acids is 3. The second-order valence-electron chi connectivity index (χ2n) is 7.34. The summed E-state index contributed by atoms with van der Waals surface area (Å²) < 4.78 is -1.22. The molecule has 1 aromatic carbocycles. The first-order chi connectivity index (χ1) is 12.3. The Bertz CT molecular complexity index is 736. The number of fused-ring (bicyclic) bond motifs is 1. The van der Waals surface area contributed by atoms with Crippen LogP contribution in [0.5, 0.6) is 0 Å². The van der Waals surface area contributed by atoms with Crippen LogP contribution >= 0.6 is 11.8 Å². The smallest absolute Gasteiger partial charge is 0.250 e. The molecule has 3 rings (SSSR count). The third kappa shape index (κ3) is 3.58. The molecule has 1 aromatic rings. The van der Waals surface area contributed by atoms with Crippen LogP contribution in [0, 0.1) is 5.92 Å². The van der Waals surface area contributed by atoms with Gasteiger partial charge in [0.15, 0.2) is 4.75 Å². The maximum absolute atomic E-state index is 13.2. The van der Waals surface area contributed by atoms with E-state index in [4.69, 9.17) is 0 Å². The average molecular weight is 375 g/mol. The normalized spacial score (nSPS) is 25.5. The molecule has 140 valence electrons. The first-order valence-corrected chi connectivity index (χ1v) is 9.82. The Morgan fingerprint density at radius 3 is 2.81 bits per heavy atom. The lowest BCUT2D eigenvalue weighted by Gasteiger charge is -2.39. The zero-order chi connectivity index (χ0) is 18.9. The number of carbonyl (C=O) groups is 3. The summed E-state index contributed by atoms with van der Waals surface area (Å²) in [7, 11) is 0. The number of piperidine rings is 1. The highest BCUT2D eigenvalue weighted by Crippen LogP contribution is 2.43. The van der Waals surface area contributed by atoms with Crippen molar-refractivity contribution < 1.29 is 14.4 Å². The summed E-state index contributed by atoms with van der Waals surface area (Å²) >= 11 is 1.29. The zero-order valence-corrected chi connectivity index (χ0v) is 16.2. The van der Waals surface area contributed by atoms with Crippen LogP contribution in [0.25, 0.3) is 0 Å². The van der Waals surface area contributed by atoms with Gasteiger partial charge < -0.3 is 15.5 Å². The van der Waals surface area contributed by atoms with Gasteiger partial charge in [0.2, 0.25) is 17.7 Å². The Balaban J connectivity index is 1.76. The van der Waals surface area contributed by atoms with Crippen LogP contribution in [-0.4, -0.2) is 46.5 Å². The molecule has 7 heteroatoms. The fourth-order valence-electron chi connectivity index (χ4n) is 3.39. The number of nitrogens with one attached hydrogen (secondary N) is 2. The maximum Gasteiger partial charge on any atom is 0.250 e. The molecule has 1 fully saturated rings. The summed E-state index contributed by atoms with van der Waals surface area (Å²) in [6.07, 6.45) is 1.53. The van der Waals surface area contributed by atoms with E-state index in [1.165, 1.54) is 11.8 Å². The Morgan fingerprint density at radius 2 is 2.08 bits per heavy atom. The Hall–Kier alpha value is -2.02. The van der Waals surface area contributed by atoms with Crippen molar-refractivity contribution in [3.63, 3.8) is 0 Å². The minimum atomic E-state index is -1.22. The molecule has 1 saturated heterocycles. The quantitative estimate of drug-likeness (QED) is 0.795. The number of hydrogen-bond donors (Lipinski definition) is 2. The number of thioether (sulfide) groups is 1.